The van der Waals surface area contributed by atoms with E-state index >= 15 is 0 Å². The first kappa shape index (κ1) is 22.0. The fraction of sp³-hybridized carbons (Fsp3) is 0.0417. The Morgan fingerprint density at radius 3 is 2.46 bits per heavy atom. The summed E-state index contributed by atoms with van der Waals surface area (Å²) in [5.41, 5.74) is -1.61. The molecule has 8 nitrogen and oxygen atoms in total. The molecule has 0 fully saturated rings. The fourth-order valence-corrected chi connectivity index (χ4v) is 3.68. The summed E-state index contributed by atoms with van der Waals surface area (Å²) in [4.78, 5) is 33.0. The minimum atomic E-state index is -1.16. The molecule has 0 saturated heterocycles. The van der Waals surface area contributed by atoms with Gasteiger partial charge in [-0.25, -0.2) is 18.8 Å². The van der Waals surface area contributed by atoms with Crippen molar-refractivity contribution in [3.05, 3.63) is 111 Å². The van der Waals surface area contributed by atoms with Gasteiger partial charge in [0.05, 0.1) is 22.6 Å². The number of hydrogen-bond acceptors (Lipinski definition) is 6. The maximum atomic E-state index is 14.9. The SMILES string of the molecule is O=C1/C(=C/c2ccco2)N=C2C(Cc3c(F)cccc3F)=NC(c3cccc([N+](=O)[O-])c3F)=CN12. The van der Waals surface area contributed by atoms with Crippen LogP contribution in [0.1, 0.15) is 16.9 Å². The van der Waals surface area contributed by atoms with Crippen molar-refractivity contribution in [1.29, 1.82) is 0 Å². The van der Waals surface area contributed by atoms with E-state index in [1.165, 1.54) is 36.7 Å². The normalized spacial score (nSPS) is 16.2. The number of nitrogens with zero attached hydrogens (tertiary/aromatic N) is 4. The smallest absolute Gasteiger partial charge is 0.305 e. The summed E-state index contributed by atoms with van der Waals surface area (Å²) in [7, 11) is 0. The molecule has 1 aromatic heterocycles. The van der Waals surface area contributed by atoms with Crippen molar-refractivity contribution < 1.29 is 27.3 Å². The quantitative estimate of drug-likeness (QED) is 0.296. The number of carbonyl (C=O) groups excluding carboxylic acids is 1. The number of rotatable bonds is 5. The van der Waals surface area contributed by atoms with Gasteiger partial charge in [0.25, 0.3) is 5.91 Å². The van der Waals surface area contributed by atoms with Crippen LogP contribution in [0, 0.1) is 27.6 Å². The molecule has 2 aliphatic rings. The van der Waals surface area contributed by atoms with Gasteiger partial charge in [-0.05, 0) is 30.3 Å². The maximum Gasteiger partial charge on any atom is 0.305 e. The highest BCUT2D eigenvalue weighted by Crippen LogP contribution is 2.32. The second-order valence-electron chi connectivity index (χ2n) is 7.50. The van der Waals surface area contributed by atoms with Gasteiger partial charge in [0.1, 0.15) is 23.1 Å². The van der Waals surface area contributed by atoms with E-state index in [-0.39, 0.29) is 34.1 Å². The second kappa shape index (κ2) is 8.52. The number of nitro groups is 1. The maximum absolute atomic E-state index is 14.9. The highest BCUT2D eigenvalue weighted by atomic mass is 19.1. The molecule has 0 bridgehead atoms. The van der Waals surface area contributed by atoms with Crippen LogP contribution in [-0.4, -0.2) is 27.3 Å². The van der Waals surface area contributed by atoms with Crippen molar-refractivity contribution in [3.8, 4) is 0 Å². The standard InChI is InChI=1S/C24H13F3N4O4/c25-16-6-2-7-17(26)15(16)11-18-23-29-19(10-13-4-3-9-35-13)24(32)30(23)12-20(28-18)14-5-1-8-21(22(14)27)31(33)34/h1-10,12H,11H2/b19-10-. The highest BCUT2D eigenvalue weighted by Gasteiger charge is 2.36. The minimum Gasteiger partial charge on any atom is -0.465 e. The Balaban J connectivity index is 1.65. The predicted octanol–water partition coefficient (Wildman–Crippen LogP) is 4.88. The van der Waals surface area contributed by atoms with Crippen LogP contribution in [0.25, 0.3) is 11.8 Å². The van der Waals surface area contributed by atoms with Crippen LogP contribution in [0.3, 0.4) is 0 Å². The molecule has 2 aliphatic heterocycles. The third-order valence-corrected chi connectivity index (χ3v) is 5.34. The van der Waals surface area contributed by atoms with Gasteiger partial charge in [-0.2, -0.15) is 4.39 Å². The van der Waals surface area contributed by atoms with Crippen molar-refractivity contribution in [2.45, 2.75) is 6.42 Å². The molecule has 0 saturated carbocycles. The molecule has 35 heavy (non-hydrogen) atoms. The Morgan fingerprint density at radius 1 is 1.03 bits per heavy atom. The molecule has 0 spiro atoms. The van der Waals surface area contributed by atoms with E-state index in [0.717, 1.165) is 23.1 Å². The monoisotopic (exact) mass is 478 g/mol. The number of amidine groups is 1. The Hall–Kier alpha value is -4.80. The fourth-order valence-electron chi connectivity index (χ4n) is 3.68. The van der Waals surface area contributed by atoms with Gasteiger partial charge in [-0.15, -0.1) is 0 Å². The largest absolute Gasteiger partial charge is 0.465 e. The van der Waals surface area contributed by atoms with Gasteiger partial charge in [0, 0.05) is 35.9 Å². The summed E-state index contributed by atoms with van der Waals surface area (Å²) < 4.78 is 48.9. The Bertz CT molecular complexity index is 1490. The Kier molecular flexibility index (Phi) is 5.36. The Morgan fingerprint density at radius 2 is 1.77 bits per heavy atom. The zero-order chi connectivity index (χ0) is 24.7. The second-order valence-corrected chi connectivity index (χ2v) is 7.50. The molecule has 1 amide bonds. The van der Waals surface area contributed by atoms with Gasteiger partial charge in [0.2, 0.25) is 5.82 Å². The summed E-state index contributed by atoms with van der Waals surface area (Å²) in [6.07, 6.45) is 3.54. The van der Waals surface area contributed by atoms with Crippen molar-refractivity contribution in [2.24, 2.45) is 9.98 Å². The third kappa shape index (κ3) is 3.92. The molecule has 11 heteroatoms. The zero-order valence-electron chi connectivity index (χ0n) is 17.6. The average molecular weight is 478 g/mol. The number of nitro benzene ring substituents is 1. The van der Waals surface area contributed by atoms with Crippen molar-refractivity contribution >= 4 is 34.9 Å². The number of halogens is 3. The van der Waals surface area contributed by atoms with E-state index in [1.807, 2.05) is 0 Å². The number of hydrogen-bond donors (Lipinski definition) is 0. The number of fused-ring (bicyclic) bond motifs is 1. The molecule has 0 atom stereocenters. The molecular formula is C24H13F3N4O4. The van der Waals surface area contributed by atoms with E-state index in [2.05, 4.69) is 9.98 Å². The molecule has 2 aromatic carbocycles. The van der Waals surface area contributed by atoms with Crippen molar-refractivity contribution in [1.82, 2.24) is 4.90 Å². The molecule has 3 heterocycles. The van der Waals surface area contributed by atoms with Gasteiger partial charge >= 0.3 is 5.69 Å². The molecule has 0 aliphatic carbocycles. The van der Waals surface area contributed by atoms with E-state index in [4.69, 9.17) is 4.42 Å². The number of carbonyl (C=O) groups is 1. The van der Waals surface area contributed by atoms with Gasteiger partial charge < -0.3 is 4.42 Å². The molecule has 0 N–H and O–H groups in total. The average Bonchev–Trinajstić information content (AvgIpc) is 3.45. The van der Waals surface area contributed by atoms with Crippen LogP contribution in [0.4, 0.5) is 18.9 Å². The van der Waals surface area contributed by atoms with Crippen LogP contribution >= 0.6 is 0 Å². The lowest BCUT2D eigenvalue weighted by atomic mass is 10.0. The van der Waals surface area contributed by atoms with Crippen LogP contribution < -0.4 is 0 Å². The number of aliphatic imine (C=N–C) groups is 2. The summed E-state index contributed by atoms with van der Waals surface area (Å²) >= 11 is 0. The number of amides is 1. The molecule has 3 aromatic rings. The topological polar surface area (TPSA) is 101 Å². The van der Waals surface area contributed by atoms with Crippen LogP contribution in [0.5, 0.6) is 0 Å². The highest BCUT2D eigenvalue weighted by molar-refractivity contribution is 6.48. The van der Waals surface area contributed by atoms with Gasteiger partial charge in [-0.1, -0.05) is 12.1 Å². The minimum absolute atomic E-state index is 0.00921. The van der Waals surface area contributed by atoms with Gasteiger partial charge in [0.15, 0.2) is 5.84 Å². The van der Waals surface area contributed by atoms with E-state index in [9.17, 15) is 28.1 Å². The number of furan rings is 1. The predicted molar refractivity (Wildman–Crippen MR) is 119 cm³/mol. The van der Waals surface area contributed by atoms with E-state index in [0.29, 0.717) is 5.76 Å². The first-order valence-corrected chi connectivity index (χ1v) is 10.2. The van der Waals surface area contributed by atoms with Crippen molar-refractivity contribution in [3.63, 3.8) is 0 Å². The van der Waals surface area contributed by atoms with E-state index in [1.54, 1.807) is 12.1 Å². The number of benzene rings is 2. The molecule has 0 radical (unpaired) electrons. The first-order valence-electron chi connectivity index (χ1n) is 10.2. The zero-order valence-corrected chi connectivity index (χ0v) is 17.6. The lowest BCUT2D eigenvalue weighted by Crippen LogP contribution is -2.36. The molecular weight excluding hydrogens is 465 g/mol. The summed E-state index contributed by atoms with van der Waals surface area (Å²) in [5, 5.41) is 11.2. The van der Waals surface area contributed by atoms with Gasteiger partial charge in [-0.3, -0.25) is 19.8 Å². The molecule has 174 valence electrons. The lowest BCUT2D eigenvalue weighted by Gasteiger charge is -2.22. The summed E-state index contributed by atoms with van der Waals surface area (Å²) in [6.45, 7) is 0. The Labute approximate surface area is 195 Å². The van der Waals surface area contributed by atoms with Crippen LogP contribution in [-0.2, 0) is 11.2 Å². The lowest BCUT2D eigenvalue weighted by molar-refractivity contribution is -0.387. The summed E-state index contributed by atoms with van der Waals surface area (Å²) in [5.74, 6) is -3.14. The van der Waals surface area contributed by atoms with E-state index < -0.39 is 40.4 Å². The molecule has 5 rings (SSSR count). The molecule has 0 unspecified atom stereocenters. The third-order valence-electron chi connectivity index (χ3n) is 5.34. The van der Waals surface area contributed by atoms with Crippen molar-refractivity contribution in [2.75, 3.05) is 0 Å². The first-order chi connectivity index (χ1) is 16.8. The van der Waals surface area contributed by atoms with Crippen LogP contribution in [0.15, 0.2) is 81.1 Å². The van der Waals surface area contributed by atoms with Crippen LogP contribution in [0.2, 0.25) is 0 Å². The summed E-state index contributed by atoms with van der Waals surface area (Å²) in [6, 6.07) is 10.1.